The van der Waals surface area contributed by atoms with Crippen LogP contribution < -0.4 is 10.4 Å². The maximum absolute atomic E-state index is 6.76. The van der Waals surface area contributed by atoms with Gasteiger partial charge in [-0.2, -0.15) is 0 Å². The number of para-hydroxylation sites is 1. The molecule has 0 aliphatic heterocycles. The van der Waals surface area contributed by atoms with Crippen LogP contribution in [0.1, 0.15) is 54.5 Å². The molecule has 284 valence electrons. The van der Waals surface area contributed by atoms with Crippen LogP contribution in [0.4, 0.5) is 0 Å². The molecule has 0 bridgehead atoms. The lowest BCUT2D eigenvalue weighted by atomic mass is 9.76. The molecule has 0 unspecified atom stereocenters. The van der Waals surface area contributed by atoms with Crippen LogP contribution in [0.5, 0.6) is 0 Å². The predicted molar refractivity (Wildman–Crippen MR) is 257 cm³/mol. The predicted octanol–water partition coefficient (Wildman–Crippen LogP) is 14.7. The lowest BCUT2D eigenvalue weighted by molar-refractivity contribution is 0.662. The van der Waals surface area contributed by atoms with Gasteiger partial charge in [-0.15, -0.1) is 0 Å². The Morgan fingerprint density at radius 2 is 1.15 bits per heavy atom. The molecule has 9 aromatic carbocycles. The average molecular weight is 767 g/mol. The van der Waals surface area contributed by atoms with Crippen molar-refractivity contribution in [2.75, 3.05) is 0 Å². The number of furan rings is 1. The summed E-state index contributed by atoms with van der Waals surface area (Å²) in [7, 11) is 0. The van der Waals surface area contributed by atoms with Gasteiger partial charge in [-0.25, -0.2) is 0 Å². The van der Waals surface area contributed by atoms with E-state index in [0.29, 0.717) is 0 Å². The van der Waals surface area contributed by atoms with Crippen LogP contribution in [0, 0.1) is 0 Å². The SMILES string of the molecule is C=Cc1ccccc1C(=C)c1c2c(c(-c3ccc(-c4cc5c(ccc6c7ccccc7oc56)c5c4C(C)(C)c4ccccc4-5)c4ccccc34)c3ccccc13)=CCCC=2. The van der Waals surface area contributed by atoms with E-state index in [9.17, 15) is 0 Å². The number of hydrogen-bond acceptors (Lipinski definition) is 1. The zero-order valence-electron chi connectivity index (χ0n) is 33.9. The second kappa shape index (κ2) is 12.9. The Hall–Kier alpha value is -7.22. The number of hydrogen-bond donors (Lipinski definition) is 0. The zero-order chi connectivity index (χ0) is 40.3. The van der Waals surface area contributed by atoms with E-state index >= 15 is 0 Å². The van der Waals surface area contributed by atoms with E-state index in [1.54, 1.807) is 0 Å². The highest BCUT2D eigenvalue weighted by Gasteiger charge is 2.39. The standard InChI is InChI=1S/C59H42O/c1-5-36-18-6-7-19-37(36)35(2)54-42-23-10-12-25-44(42)55(45-26-13-11-24-43(45)54)46-31-30-40(38-20-8-9-21-39(38)46)50-34-51-47(32-33-48-41-22-15-17-29-53(41)60-58(48)51)56-49-27-14-16-28-52(49)59(3,4)57(50)56/h5-10,12,14-34H,1-2,11,13H2,3-4H3. The molecule has 1 nitrogen and oxygen atoms in total. The van der Waals surface area contributed by atoms with Crippen LogP contribution >= 0.6 is 0 Å². The summed E-state index contributed by atoms with van der Waals surface area (Å²) in [4.78, 5) is 0. The Morgan fingerprint density at radius 1 is 0.533 bits per heavy atom. The maximum Gasteiger partial charge on any atom is 0.143 e. The summed E-state index contributed by atoms with van der Waals surface area (Å²) < 4.78 is 6.76. The highest BCUT2D eigenvalue weighted by molar-refractivity contribution is 6.21. The van der Waals surface area contributed by atoms with E-state index in [1.807, 2.05) is 6.08 Å². The summed E-state index contributed by atoms with van der Waals surface area (Å²) in [6.45, 7) is 13.7. The van der Waals surface area contributed by atoms with Crippen LogP contribution in [0.3, 0.4) is 0 Å². The summed E-state index contributed by atoms with van der Waals surface area (Å²) in [5.41, 5.74) is 16.5. The molecule has 1 aromatic heterocycles. The summed E-state index contributed by atoms with van der Waals surface area (Å²) in [6, 6.07) is 55.7. The van der Waals surface area contributed by atoms with Gasteiger partial charge in [0.05, 0.1) is 0 Å². The third-order valence-electron chi connectivity index (χ3n) is 13.6. The molecule has 0 spiro atoms. The van der Waals surface area contributed by atoms with Crippen molar-refractivity contribution in [3.8, 4) is 33.4 Å². The van der Waals surface area contributed by atoms with Crippen LogP contribution in [0.2, 0.25) is 0 Å². The second-order valence-electron chi connectivity index (χ2n) is 17.1. The molecular formula is C59H42O. The summed E-state index contributed by atoms with van der Waals surface area (Å²) >= 11 is 0. The molecule has 12 rings (SSSR count). The summed E-state index contributed by atoms with van der Waals surface area (Å²) in [5.74, 6) is 0. The van der Waals surface area contributed by atoms with Gasteiger partial charge in [0, 0.05) is 21.6 Å². The van der Waals surface area contributed by atoms with Gasteiger partial charge in [0.1, 0.15) is 11.2 Å². The Bertz CT molecular complexity index is 3660. The van der Waals surface area contributed by atoms with E-state index in [2.05, 4.69) is 184 Å². The molecule has 1 heteroatoms. The van der Waals surface area contributed by atoms with E-state index in [1.165, 1.54) is 87.4 Å². The topological polar surface area (TPSA) is 13.1 Å². The first-order chi connectivity index (χ1) is 29.4. The first-order valence-corrected chi connectivity index (χ1v) is 21.1. The van der Waals surface area contributed by atoms with Crippen LogP contribution in [-0.2, 0) is 5.41 Å². The Labute approximate surface area is 349 Å². The largest absolute Gasteiger partial charge is 0.455 e. The maximum atomic E-state index is 6.76. The average Bonchev–Trinajstić information content (AvgIpc) is 3.80. The number of rotatable bonds is 5. The smallest absolute Gasteiger partial charge is 0.143 e. The van der Waals surface area contributed by atoms with Gasteiger partial charge in [0.2, 0.25) is 0 Å². The van der Waals surface area contributed by atoms with Crippen LogP contribution in [0.25, 0.3) is 111 Å². The molecule has 0 amide bonds. The monoisotopic (exact) mass is 766 g/mol. The zero-order valence-corrected chi connectivity index (χ0v) is 33.9. The molecule has 60 heavy (non-hydrogen) atoms. The van der Waals surface area contributed by atoms with Gasteiger partial charge in [0.25, 0.3) is 0 Å². The molecule has 2 aliphatic carbocycles. The van der Waals surface area contributed by atoms with Gasteiger partial charge >= 0.3 is 0 Å². The molecule has 0 radical (unpaired) electrons. The molecule has 0 saturated heterocycles. The van der Waals surface area contributed by atoms with Gasteiger partial charge in [-0.05, 0) is 135 Å². The minimum atomic E-state index is -0.222. The highest BCUT2D eigenvalue weighted by atomic mass is 16.3. The summed E-state index contributed by atoms with van der Waals surface area (Å²) in [6.07, 6.45) is 8.84. The van der Waals surface area contributed by atoms with Gasteiger partial charge in [-0.3, -0.25) is 0 Å². The fourth-order valence-corrected chi connectivity index (χ4v) is 11.0. The van der Waals surface area contributed by atoms with Crippen LogP contribution in [-0.4, -0.2) is 0 Å². The summed E-state index contributed by atoms with van der Waals surface area (Å²) in [5, 5.41) is 12.2. The normalized spacial score (nSPS) is 13.9. The Balaban J connectivity index is 1.17. The van der Waals surface area contributed by atoms with E-state index in [0.717, 1.165) is 56.9 Å². The van der Waals surface area contributed by atoms with Crippen molar-refractivity contribution in [3.63, 3.8) is 0 Å². The molecule has 0 saturated carbocycles. The number of fused-ring (bicyclic) bond motifs is 12. The third-order valence-corrected chi connectivity index (χ3v) is 13.6. The quantitative estimate of drug-likeness (QED) is 0.170. The van der Waals surface area contributed by atoms with Crippen molar-refractivity contribution in [3.05, 3.63) is 203 Å². The molecule has 10 aromatic rings. The van der Waals surface area contributed by atoms with Crippen LogP contribution in [0.15, 0.2) is 169 Å². The first kappa shape index (κ1) is 34.8. The minimum absolute atomic E-state index is 0.222. The second-order valence-corrected chi connectivity index (χ2v) is 17.1. The van der Waals surface area contributed by atoms with Gasteiger partial charge in [-0.1, -0.05) is 179 Å². The highest BCUT2D eigenvalue weighted by Crippen LogP contribution is 2.56. The lowest BCUT2D eigenvalue weighted by Crippen LogP contribution is -2.33. The molecule has 0 fully saturated rings. The van der Waals surface area contributed by atoms with Crippen molar-refractivity contribution in [2.24, 2.45) is 0 Å². The van der Waals surface area contributed by atoms with Crippen molar-refractivity contribution < 1.29 is 4.42 Å². The van der Waals surface area contributed by atoms with Gasteiger partial charge < -0.3 is 4.42 Å². The van der Waals surface area contributed by atoms with Crippen molar-refractivity contribution in [1.82, 2.24) is 0 Å². The van der Waals surface area contributed by atoms with Crippen molar-refractivity contribution in [1.29, 1.82) is 0 Å². The molecular weight excluding hydrogens is 725 g/mol. The fraction of sp³-hybridized carbons (Fsp3) is 0.0847. The Morgan fingerprint density at radius 3 is 1.97 bits per heavy atom. The molecule has 2 aliphatic rings. The van der Waals surface area contributed by atoms with Gasteiger partial charge in [0.15, 0.2) is 0 Å². The molecule has 0 atom stereocenters. The third kappa shape index (κ3) is 4.75. The first-order valence-electron chi connectivity index (χ1n) is 21.1. The molecule has 0 N–H and O–H groups in total. The van der Waals surface area contributed by atoms with E-state index < -0.39 is 0 Å². The lowest BCUT2D eigenvalue weighted by Gasteiger charge is -2.26. The molecule has 1 heterocycles. The van der Waals surface area contributed by atoms with Crippen molar-refractivity contribution >= 4 is 78.1 Å². The fourth-order valence-electron chi connectivity index (χ4n) is 11.0. The van der Waals surface area contributed by atoms with Crippen molar-refractivity contribution in [2.45, 2.75) is 32.1 Å². The van der Waals surface area contributed by atoms with E-state index in [4.69, 9.17) is 11.0 Å². The van der Waals surface area contributed by atoms with E-state index in [-0.39, 0.29) is 5.41 Å². The number of benzene rings is 9. The Kier molecular flexibility index (Phi) is 7.47. The minimum Gasteiger partial charge on any atom is -0.455 e.